The third-order valence-electron chi connectivity index (χ3n) is 5.41. The molecule has 9 heteroatoms. The Hall–Kier alpha value is -3.36. The molecule has 0 aliphatic carbocycles. The predicted molar refractivity (Wildman–Crippen MR) is 134 cm³/mol. The first kappa shape index (κ1) is 26.2. The van der Waals surface area contributed by atoms with E-state index < -0.39 is 11.7 Å². The molecule has 35 heavy (non-hydrogen) atoms. The molecule has 3 aromatic rings. The summed E-state index contributed by atoms with van der Waals surface area (Å²) >= 11 is 6.56. The summed E-state index contributed by atoms with van der Waals surface area (Å²) in [6.07, 6.45) is 1.01. The molecule has 0 aliphatic rings. The number of amides is 1. The van der Waals surface area contributed by atoms with Crippen molar-refractivity contribution in [2.24, 2.45) is 0 Å². The van der Waals surface area contributed by atoms with E-state index in [9.17, 15) is 18.0 Å². The molecule has 184 valence electrons. The maximum atomic E-state index is 13.9. The average Bonchev–Trinajstić information content (AvgIpc) is 3.23. The second-order valence-electron chi connectivity index (χ2n) is 8.03. The minimum Gasteiger partial charge on any atom is -0.351 e. The topological polar surface area (TPSA) is 50.2 Å². The molecule has 1 aromatic carbocycles. The Morgan fingerprint density at radius 1 is 1.23 bits per heavy atom. The van der Waals surface area contributed by atoms with Crippen molar-refractivity contribution in [3.8, 4) is 16.9 Å². The van der Waals surface area contributed by atoms with Gasteiger partial charge in [-0.25, -0.2) is 0 Å². The van der Waals surface area contributed by atoms with Gasteiger partial charge in [-0.2, -0.15) is 13.2 Å². The Bertz CT molecular complexity index is 1260. The van der Waals surface area contributed by atoms with Crippen molar-refractivity contribution in [1.29, 1.82) is 0 Å². The van der Waals surface area contributed by atoms with Gasteiger partial charge in [-0.3, -0.25) is 9.78 Å². The van der Waals surface area contributed by atoms with Gasteiger partial charge in [0, 0.05) is 30.4 Å². The SMILES string of the molecule is C=C/C(=C\C)c1ccc(-c2ccc(C(=O)NCCN(C)C)cc2Cl)n1-c1cnccc1C(F)(F)F. The van der Waals surface area contributed by atoms with Gasteiger partial charge in [-0.05, 0) is 56.9 Å². The summed E-state index contributed by atoms with van der Waals surface area (Å²) in [5, 5.41) is 3.05. The van der Waals surface area contributed by atoms with Crippen molar-refractivity contribution in [3.63, 3.8) is 0 Å². The number of nitrogens with zero attached hydrogens (tertiary/aromatic N) is 3. The van der Waals surface area contributed by atoms with E-state index in [0.29, 0.717) is 41.2 Å². The van der Waals surface area contributed by atoms with Crippen LogP contribution in [0.3, 0.4) is 0 Å². The number of aromatic nitrogens is 2. The van der Waals surface area contributed by atoms with Gasteiger partial charge in [-0.15, -0.1) is 0 Å². The van der Waals surface area contributed by atoms with Gasteiger partial charge in [0.05, 0.1) is 33.9 Å². The van der Waals surface area contributed by atoms with Gasteiger partial charge >= 0.3 is 6.18 Å². The Labute approximate surface area is 207 Å². The fraction of sp³-hybridized carbons (Fsp3) is 0.231. The van der Waals surface area contributed by atoms with E-state index in [0.717, 1.165) is 12.3 Å². The van der Waals surface area contributed by atoms with E-state index >= 15 is 0 Å². The molecular formula is C26H26ClF3N4O. The fourth-order valence-electron chi connectivity index (χ4n) is 3.67. The summed E-state index contributed by atoms with van der Waals surface area (Å²) < 4.78 is 43.1. The maximum Gasteiger partial charge on any atom is 0.418 e. The number of hydrogen-bond acceptors (Lipinski definition) is 3. The van der Waals surface area contributed by atoms with E-state index in [4.69, 9.17) is 11.6 Å². The number of alkyl halides is 3. The molecule has 0 radical (unpaired) electrons. The molecule has 3 rings (SSSR count). The molecule has 0 spiro atoms. The van der Waals surface area contributed by atoms with Crippen LogP contribution in [0.25, 0.3) is 22.5 Å². The van der Waals surface area contributed by atoms with Crippen molar-refractivity contribution >= 4 is 23.1 Å². The summed E-state index contributed by atoms with van der Waals surface area (Å²) in [4.78, 5) is 18.4. The van der Waals surface area contributed by atoms with Crippen LogP contribution in [-0.2, 0) is 6.18 Å². The summed E-state index contributed by atoms with van der Waals surface area (Å²) in [5.41, 5.74) is 1.41. The quantitative estimate of drug-likeness (QED) is 0.379. The minimum absolute atomic E-state index is 0.141. The first-order valence-corrected chi connectivity index (χ1v) is 11.2. The highest BCUT2D eigenvalue weighted by Crippen LogP contribution is 2.39. The van der Waals surface area contributed by atoms with Crippen LogP contribution in [0.15, 0.2) is 67.5 Å². The average molecular weight is 503 g/mol. The summed E-state index contributed by atoms with van der Waals surface area (Å²) in [6.45, 7) is 6.71. The largest absolute Gasteiger partial charge is 0.418 e. The molecule has 1 N–H and O–H groups in total. The van der Waals surface area contributed by atoms with Gasteiger partial charge in [0.15, 0.2) is 0 Å². The molecule has 2 heterocycles. The Morgan fingerprint density at radius 3 is 2.57 bits per heavy atom. The number of pyridine rings is 1. The molecule has 0 saturated carbocycles. The molecule has 2 aromatic heterocycles. The lowest BCUT2D eigenvalue weighted by molar-refractivity contribution is -0.137. The van der Waals surface area contributed by atoms with Gasteiger partial charge < -0.3 is 14.8 Å². The number of halogens is 4. The molecule has 0 bridgehead atoms. The van der Waals surface area contributed by atoms with Crippen molar-refractivity contribution in [2.75, 3.05) is 27.2 Å². The van der Waals surface area contributed by atoms with Crippen LogP contribution in [0.5, 0.6) is 0 Å². The first-order valence-electron chi connectivity index (χ1n) is 10.8. The predicted octanol–water partition coefficient (Wildman–Crippen LogP) is 6.09. The monoisotopic (exact) mass is 502 g/mol. The number of likely N-dealkylation sites (N-methyl/N-ethyl adjacent to an activating group) is 1. The van der Waals surface area contributed by atoms with Crippen LogP contribution in [0.2, 0.25) is 5.02 Å². The highest BCUT2D eigenvalue weighted by Gasteiger charge is 2.35. The third kappa shape index (κ3) is 5.83. The lowest BCUT2D eigenvalue weighted by atomic mass is 10.1. The van der Waals surface area contributed by atoms with E-state index in [1.54, 1.807) is 43.3 Å². The second-order valence-corrected chi connectivity index (χ2v) is 8.44. The molecule has 0 fully saturated rings. The van der Waals surface area contributed by atoms with E-state index in [1.165, 1.54) is 16.8 Å². The molecule has 1 amide bonds. The highest BCUT2D eigenvalue weighted by atomic mass is 35.5. The molecule has 0 saturated heterocycles. The van der Waals surface area contributed by atoms with Crippen LogP contribution in [0.4, 0.5) is 13.2 Å². The Morgan fingerprint density at radius 2 is 1.97 bits per heavy atom. The van der Waals surface area contributed by atoms with Crippen molar-refractivity contribution in [1.82, 2.24) is 19.8 Å². The zero-order valence-corrected chi connectivity index (χ0v) is 20.4. The first-order chi connectivity index (χ1) is 16.6. The van der Waals surface area contributed by atoms with Crippen LogP contribution in [0.1, 0.15) is 28.5 Å². The van der Waals surface area contributed by atoms with Crippen LogP contribution >= 0.6 is 11.6 Å². The van der Waals surface area contributed by atoms with Crippen molar-refractivity contribution in [2.45, 2.75) is 13.1 Å². The van der Waals surface area contributed by atoms with E-state index in [2.05, 4.69) is 16.9 Å². The lowest BCUT2D eigenvalue weighted by Crippen LogP contribution is -2.31. The molecule has 5 nitrogen and oxygen atoms in total. The van der Waals surface area contributed by atoms with Gasteiger partial charge in [0.25, 0.3) is 5.91 Å². The number of carbonyl (C=O) groups excluding carboxylic acids is 1. The summed E-state index contributed by atoms with van der Waals surface area (Å²) in [6, 6.07) is 9.07. The minimum atomic E-state index is -4.60. The second kappa shape index (κ2) is 10.9. The molecule has 0 unspecified atom stereocenters. The maximum absolute atomic E-state index is 13.9. The Kier molecular flexibility index (Phi) is 8.19. The zero-order valence-electron chi connectivity index (χ0n) is 19.7. The Balaban J connectivity index is 2.14. The lowest BCUT2D eigenvalue weighted by Gasteiger charge is -2.19. The van der Waals surface area contributed by atoms with Crippen LogP contribution in [0, 0.1) is 0 Å². The number of carbonyl (C=O) groups is 1. The van der Waals surface area contributed by atoms with E-state index in [-0.39, 0.29) is 16.6 Å². The normalized spacial score (nSPS) is 12.2. The molecule has 0 atom stereocenters. The van der Waals surface area contributed by atoms with Crippen LogP contribution < -0.4 is 5.32 Å². The van der Waals surface area contributed by atoms with Gasteiger partial charge in [0.2, 0.25) is 0 Å². The smallest absolute Gasteiger partial charge is 0.351 e. The number of allylic oxidation sites excluding steroid dienone is 3. The zero-order chi connectivity index (χ0) is 25.8. The summed E-state index contributed by atoms with van der Waals surface area (Å²) in [7, 11) is 3.80. The molecular weight excluding hydrogens is 477 g/mol. The number of benzene rings is 1. The molecule has 0 aliphatic heterocycles. The standard InChI is InChI=1S/C26H26ClF3N4O/c1-5-17(6-2)22-9-10-23(34(22)24-16-31-12-11-20(24)26(28,29)30)19-8-7-18(15-21(19)27)25(35)32-13-14-33(3)4/h5-12,15-16H,1,13-14H2,2-4H3,(H,32,35)/b17-6+. The number of rotatable bonds is 8. The van der Waals surface area contributed by atoms with Crippen LogP contribution in [-0.4, -0.2) is 47.5 Å². The van der Waals surface area contributed by atoms with Gasteiger partial charge in [-0.1, -0.05) is 36.4 Å². The number of nitrogens with one attached hydrogen (secondary N) is 1. The fourth-order valence-corrected chi connectivity index (χ4v) is 3.94. The van der Waals surface area contributed by atoms with Crippen molar-refractivity contribution in [3.05, 3.63) is 89.4 Å². The number of hydrogen-bond donors (Lipinski definition) is 1. The van der Waals surface area contributed by atoms with Gasteiger partial charge in [0.1, 0.15) is 0 Å². The third-order valence-corrected chi connectivity index (χ3v) is 5.72. The van der Waals surface area contributed by atoms with E-state index in [1.807, 2.05) is 19.0 Å². The highest BCUT2D eigenvalue weighted by molar-refractivity contribution is 6.33. The summed E-state index contributed by atoms with van der Waals surface area (Å²) in [5.74, 6) is -0.286. The van der Waals surface area contributed by atoms with Crippen molar-refractivity contribution < 1.29 is 18.0 Å².